The average molecular weight is 307 g/mol. The smallest absolute Gasteiger partial charge is 0.00390 e. The first kappa shape index (κ1) is 16.8. The highest BCUT2D eigenvalue weighted by molar-refractivity contribution is 4.82. The van der Waals surface area contributed by atoms with Crippen molar-refractivity contribution < 1.29 is 0 Å². The van der Waals surface area contributed by atoms with Crippen LogP contribution in [0.1, 0.15) is 89.9 Å². The van der Waals surface area contributed by atoms with Crippen LogP contribution in [0.2, 0.25) is 0 Å². The third-order valence-corrected chi connectivity index (χ3v) is 7.08. The van der Waals surface area contributed by atoms with Crippen LogP contribution in [0.25, 0.3) is 0 Å². The molecule has 0 saturated heterocycles. The maximum absolute atomic E-state index is 6.04. The number of nitrogens with two attached hydrogens (primary N) is 2. The summed E-state index contributed by atoms with van der Waals surface area (Å²) in [7, 11) is 0. The monoisotopic (exact) mass is 306 g/mol. The van der Waals surface area contributed by atoms with Crippen LogP contribution in [-0.4, -0.2) is 12.1 Å². The highest BCUT2D eigenvalue weighted by Crippen LogP contribution is 2.40. The lowest BCUT2D eigenvalue weighted by molar-refractivity contribution is 0.177. The van der Waals surface area contributed by atoms with Gasteiger partial charge in [0.2, 0.25) is 0 Å². The molecule has 128 valence electrons. The molecule has 0 unspecified atom stereocenters. The first-order chi connectivity index (χ1) is 10.7. The zero-order valence-corrected chi connectivity index (χ0v) is 14.5. The van der Waals surface area contributed by atoms with Crippen molar-refractivity contribution in [3.63, 3.8) is 0 Å². The van der Waals surface area contributed by atoms with Gasteiger partial charge in [-0.3, -0.25) is 0 Å². The van der Waals surface area contributed by atoms with Gasteiger partial charge in [0.1, 0.15) is 0 Å². The summed E-state index contributed by atoms with van der Waals surface area (Å²) in [5, 5.41) is 0. The first-order valence-electron chi connectivity index (χ1n) is 10.2. The maximum Gasteiger partial charge on any atom is 0.00390 e. The minimum atomic E-state index is 0.510. The Labute approximate surface area is 137 Å². The Kier molecular flexibility index (Phi) is 6.21. The second kappa shape index (κ2) is 8.15. The van der Waals surface area contributed by atoms with E-state index in [1.54, 1.807) is 0 Å². The van der Waals surface area contributed by atoms with Gasteiger partial charge in [-0.05, 0) is 87.9 Å². The Morgan fingerprint density at radius 1 is 0.409 bits per heavy atom. The summed E-state index contributed by atoms with van der Waals surface area (Å²) >= 11 is 0. The highest BCUT2D eigenvalue weighted by atomic mass is 14.6. The second-order valence-electron chi connectivity index (χ2n) is 8.92. The van der Waals surface area contributed by atoms with Gasteiger partial charge in [-0.2, -0.15) is 0 Å². The van der Waals surface area contributed by atoms with Crippen molar-refractivity contribution in [1.82, 2.24) is 0 Å². The third kappa shape index (κ3) is 4.96. The zero-order chi connectivity index (χ0) is 15.4. The molecule has 0 spiro atoms. The molecule has 2 nitrogen and oxygen atoms in total. The van der Waals surface area contributed by atoms with Crippen molar-refractivity contribution >= 4 is 0 Å². The molecule has 0 aromatic carbocycles. The Bertz CT molecular complexity index is 274. The molecule has 3 rings (SSSR count). The molecular formula is C20H38N2. The quantitative estimate of drug-likeness (QED) is 0.797. The highest BCUT2D eigenvalue weighted by Gasteiger charge is 2.28. The van der Waals surface area contributed by atoms with E-state index in [-0.39, 0.29) is 0 Å². The van der Waals surface area contributed by atoms with E-state index in [1.807, 2.05) is 0 Å². The molecule has 3 aliphatic rings. The summed E-state index contributed by atoms with van der Waals surface area (Å²) in [6.45, 7) is 0. The SMILES string of the molecule is NC1CCC(CC2CCC(CC3CCC(N)CC3)CC2)CC1. The fourth-order valence-electron chi connectivity index (χ4n) is 5.49. The summed E-state index contributed by atoms with van der Waals surface area (Å²) in [6.07, 6.45) is 19.8. The standard InChI is InChI=1S/C20H38N2/c21-19-9-5-17(6-10-19)13-15-1-2-16(4-3-15)14-18-7-11-20(22)12-8-18/h15-20H,1-14,21-22H2. The van der Waals surface area contributed by atoms with Crippen molar-refractivity contribution in [2.75, 3.05) is 0 Å². The van der Waals surface area contributed by atoms with Crippen molar-refractivity contribution in [3.05, 3.63) is 0 Å². The van der Waals surface area contributed by atoms with E-state index in [4.69, 9.17) is 11.5 Å². The van der Waals surface area contributed by atoms with Gasteiger partial charge < -0.3 is 11.5 Å². The Morgan fingerprint density at radius 3 is 0.909 bits per heavy atom. The predicted octanol–water partition coefficient (Wildman–Crippen LogP) is 4.61. The van der Waals surface area contributed by atoms with Gasteiger partial charge in [-0.1, -0.05) is 25.7 Å². The summed E-state index contributed by atoms with van der Waals surface area (Å²) in [5.74, 6) is 4.08. The van der Waals surface area contributed by atoms with E-state index in [0.29, 0.717) is 12.1 Å². The lowest BCUT2D eigenvalue weighted by atomic mass is 9.71. The van der Waals surface area contributed by atoms with E-state index in [0.717, 1.165) is 23.7 Å². The summed E-state index contributed by atoms with van der Waals surface area (Å²) < 4.78 is 0. The van der Waals surface area contributed by atoms with Gasteiger partial charge in [0.05, 0.1) is 0 Å². The van der Waals surface area contributed by atoms with E-state index in [1.165, 1.54) is 89.9 Å². The number of rotatable bonds is 4. The molecule has 0 aromatic heterocycles. The van der Waals surface area contributed by atoms with E-state index >= 15 is 0 Å². The summed E-state index contributed by atoms with van der Waals surface area (Å²) in [5.41, 5.74) is 12.1. The Hall–Kier alpha value is -0.0800. The van der Waals surface area contributed by atoms with Gasteiger partial charge in [0, 0.05) is 12.1 Å². The fourth-order valence-corrected chi connectivity index (χ4v) is 5.49. The molecule has 0 aromatic rings. The van der Waals surface area contributed by atoms with Crippen molar-refractivity contribution in [1.29, 1.82) is 0 Å². The van der Waals surface area contributed by atoms with Crippen LogP contribution >= 0.6 is 0 Å². The first-order valence-corrected chi connectivity index (χ1v) is 10.2. The van der Waals surface area contributed by atoms with Gasteiger partial charge >= 0.3 is 0 Å². The minimum absolute atomic E-state index is 0.510. The minimum Gasteiger partial charge on any atom is -0.328 e. The van der Waals surface area contributed by atoms with Crippen LogP contribution in [0.3, 0.4) is 0 Å². The van der Waals surface area contributed by atoms with Crippen LogP contribution in [0.4, 0.5) is 0 Å². The average Bonchev–Trinajstić information content (AvgIpc) is 2.54. The molecule has 0 bridgehead atoms. The number of hydrogen-bond donors (Lipinski definition) is 2. The van der Waals surface area contributed by atoms with Gasteiger partial charge in [0.15, 0.2) is 0 Å². The molecule has 3 saturated carbocycles. The Balaban J connectivity index is 1.32. The van der Waals surface area contributed by atoms with Crippen molar-refractivity contribution in [2.45, 2.75) is 102 Å². The van der Waals surface area contributed by atoms with Gasteiger partial charge in [-0.15, -0.1) is 0 Å². The van der Waals surface area contributed by atoms with Crippen LogP contribution in [-0.2, 0) is 0 Å². The molecule has 3 aliphatic carbocycles. The van der Waals surface area contributed by atoms with Crippen molar-refractivity contribution in [2.24, 2.45) is 35.1 Å². The molecule has 0 amide bonds. The fraction of sp³-hybridized carbons (Fsp3) is 1.00. The van der Waals surface area contributed by atoms with Gasteiger partial charge in [-0.25, -0.2) is 0 Å². The topological polar surface area (TPSA) is 52.0 Å². The summed E-state index contributed by atoms with van der Waals surface area (Å²) in [4.78, 5) is 0. The molecule has 0 aliphatic heterocycles. The molecular weight excluding hydrogens is 268 g/mol. The number of hydrogen-bond acceptors (Lipinski definition) is 2. The molecule has 22 heavy (non-hydrogen) atoms. The molecule has 3 fully saturated rings. The Morgan fingerprint density at radius 2 is 0.636 bits per heavy atom. The van der Waals surface area contributed by atoms with E-state index in [9.17, 15) is 0 Å². The molecule has 0 radical (unpaired) electrons. The predicted molar refractivity (Wildman–Crippen MR) is 94.5 cm³/mol. The second-order valence-corrected chi connectivity index (χ2v) is 8.92. The largest absolute Gasteiger partial charge is 0.328 e. The van der Waals surface area contributed by atoms with Crippen LogP contribution in [0, 0.1) is 23.7 Å². The van der Waals surface area contributed by atoms with Gasteiger partial charge in [0.25, 0.3) is 0 Å². The molecule has 4 N–H and O–H groups in total. The summed E-state index contributed by atoms with van der Waals surface area (Å²) in [6, 6.07) is 1.02. The maximum atomic E-state index is 6.04. The molecule has 2 heteroatoms. The normalized spacial score (nSPS) is 43.9. The van der Waals surface area contributed by atoms with Crippen LogP contribution in [0.15, 0.2) is 0 Å². The van der Waals surface area contributed by atoms with Crippen molar-refractivity contribution in [3.8, 4) is 0 Å². The van der Waals surface area contributed by atoms with Crippen LogP contribution in [0.5, 0.6) is 0 Å². The lowest BCUT2D eigenvalue weighted by Crippen LogP contribution is -2.29. The zero-order valence-electron chi connectivity index (χ0n) is 14.5. The molecule has 0 heterocycles. The van der Waals surface area contributed by atoms with E-state index in [2.05, 4.69) is 0 Å². The van der Waals surface area contributed by atoms with Crippen LogP contribution < -0.4 is 11.5 Å². The molecule has 0 atom stereocenters. The third-order valence-electron chi connectivity index (χ3n) is 7.08. The lowest BCUT2D eigenvalue weighted by Gasteiger charge is -2.35. The van der Waals surface area contributed by atoms with E-state index < -0.39 is 0 Å².